The summed E-state index contributed by atoms with van der Waals surface area (Å²) in [4.78, 5) is 11.8. The van der Waals surface area contributed by atoms with Crippen LogP contribution in [-0.2, 0) is 29.4 Å². The minimum Gasteiger partial charge on any atom is -0.385 e. The van der Waals surface area contributed by atoms with Crippen LogP contribution < -0.4 is 5.32 Å². The first-order valence-corrected chi connectivity index (χ1v) is 10.3. The van der Waals surface area contributed by atoms with Crippen molar-refractivity contribution in [3.63, 3.8) is 0 Å². The normalized spacial score (nSPS) is 21.6. The first-order valence-electron chi connectivity index (χ1n) is 6.58. The second-order valence-corrected chi connectivity index (χ2v) is 9.23. The van der Waals surface area contributed by atoms with Crippen molar-refractivity contribution in [2.75, 3.05) is 44.6 Å². The zero-order chi connectivity index (χ0) is 16.1. The van der Waals surface area contributed by atoms with E-state index in [0.717, 1.165) is 10.6 Å². The molecular formula is C11H22N2O6S2. The number of carbonyl (C=O) groups excluding carboxylic acids is 1. The van der Waals surface area contributed by atoms with Crippen LogP contribution in [0.2, 0.25) is 0 Å². The van der Waals surface area contributed by atoms with Gasteiger partial charge in [-0.3, -0.25) is 4.79 Å². The van der Waals surface area contributed by atoms with Crippen molar-refractivity contribution < 1.29 is 26.4 Å². The third-order valence-electron chi connectivity index (χ3n) is 3.19. The lowest BCUT2D eigenvalue weighted by molar-refractivity contribution is -0.121. The smallest absolute Gasteiger partial charge is 0.235 e. The van der Waals surface area contributed by atoms with Crippen molar-refractivity contribution >= 4 is 25.8 Å². The number of sulfonamides is 1. The Kier molecular flexibility index (Phi) is 6.57. The maximum Gasteiger partial charge on any atom is 0.235 e. The highest BCUT2D eigenvalue weighted by molar-refractivity contribution is 7.92. The lowest BCUT2D eigenvalue weighted by atomic mass is 10.2. The van der Waals surface area contributed by atoms with Crippen LogP contribution in [0.4, 0.5) is 0 Å². The lowest BCUT2D eigenvalue weighted by Gasteiger charge is -2.24. The number of rotatable bonds is 8. The Bertz CT molecular complexity index is 557. The minimum absolute atomic E-state index is 0.0425. The number of methoxy groups -OCH3 is 1. The molecule has 1 amide bonds. The Labute approximate surface area is 125 Å². The van der Waals surface area contributed by atoms with E-state index in [-0.39, 0.29) is 24.5 Å². The van der Waals surface area contributed by atoms with Crippen LogP contribution in [0.3, 0.4) is 0 Å². The first kappa shape index (κ1) is 18.3. The fourth-order valence-corrected chi connectivity index (χ4v) is 5.06. The van der Waals surface area contributed by atoms with E-state index in [4.69, 9.17) is 4.74 Å². The average molecular weight is 342 g/mol. The maximum absolute atomic E-state index is 11.8. The largest absolute Gasteiger partial charge is 0.385 e. The standard InChI is InChI=1S/C11H22N2O6S2/c1-19-6-3-5-12-11(14)8-13(20(2,15)16)10-4-7-21(17,18)9-10/h10H,3-9H2,1-2H3,(H,12,14). The predicted molar refractivity (Wildman–Crippen MR) is 78.1 cm³/mol. The molecule has 1 aliphatic heterocycles. The highest BCUT2D eigenvalue weighted by Crippen LogP contribution is 2.19. The molecule has 1 unspecified atom stereocenters. The summed E-state index contributed by atoms with van der Waals surface area (Å²) in [7, 11) is -5.31. The summed E-state index contributed by atoms with van der Waals surface area (Å²) in [6.45, 7) is 0.524. The van der Waals surface area contributed by atoms with E-state index in [2.05, 4.69) is 5.32 Å². The van der Waals surface area contributed by atoms with Crippen molar-refractivity contribution in [3.05, 3.63) is 0 Å². The number of nitrogens with one attached hydrogen (secondary N) is 1. The quantitative estimate of drug-likeness (QED) is 0.543. The Morgan fingerprint density at radius 3 is 2.57 bits per heavy atom. The molecule has 21 heavy (non-hydrogen) atoms. The lowest BCUT2D eigenvalue weighted by Crippen LogP contribution is -2.46. The Balaban J connectivity index is 2.62. The molecule has 1 heterocycles. The molecule has 1 N–H and O–H groups in total. The minimum atomic E-state index is -3.65. The summed E-state index contributed by atoms with van der Waals surface area (Å²) in [5, 5.41) is 2.59. The first-order chi connectivity index (χ1) is 9.65. The molecule has 0 spiro atoms. The SMILES string of the molecule is COCCCNC(=O)CN(C1CCS(=O)(=O)C1)S(C)(=O)=O. The monoisotopic (exact) mass is 342 g/mol. The molecule has 0 aromatic rings. The number of hydrogen-bond donors (Lipinski definition) is 1. The molecule has 1 fully saturated rings. The average Bonchev–Trinajstić information content (AvgIpc) is 2.70. The Morgan fingerprint density at radius 2 is 2.10 bits per heavy atom. The number of amides is 1. The second kappa shape index (κ2) is 7.52. The summed E-state index contributed by atoms with van der Waals surface area (Å²) in [5.41, 5.74) is 0. The van der Waals surface area contributed by atoms with E-state index in [9.17, 15) is 21.6 Å². The fourth-order valence-electron chi connectivity index (χ4n) is 2.16. The van der Waals surface area contributed by atoms with Crippen molar-refractivity contribution in [2.45, 2.75) is 18.9 Å². The predicted octanol–water partition coefficient (Wildman–Crippen LogP) is -1.41. The van der Waals surface area contributed by atoms with Gasteiger partial charge in [-0.1, -0.05) is 0 Å². The van der Waals surface area contributed by atoms with Crippen LogP contribution in [0.15, 0.2) is 0 Å². The number of carbonyl (C=O) groups is 1. The van der Waals surface area contributed by atoms with Crippen molar-refractivity contribution in [1.82, 2.24) is 9.62 Å². The molecule has 0 aromatic heterocycles. The summed E-state index contributed by atoms with van der Waals surface area (Å²) >= 11 is 0. The van der Waals surface area contributed by atoms with Crippen molar-refractivity contribution in [3.8, 4) is 0 Å². The van der Waals surface area contributed by atoms with Crippen LogP contribution in [0.25, 0.3) is 0 Å². The zero-order valence-corrected chi connectivity index (χ0v) is 13.9. The Hall–Kier alpha value is -0.710. The molecule has 8 nitrogen and oxygen atoms in total. The molecular weight excluding hydrogens is 320 g/mol. The van der Waals surface area contributed by atoms with Crippen LogP contribution in [0, 0.1) is 0 Å². The van der Waals surface area contributed by atoms with Gasteiger partial charge in [0.15, 0.2) is 9.84 Å². The number of hydrogen-bond acceptors (Lipinski definition) is 6. The van der Waals surface area contributed by atoms with Gasteiger partial charge in [-0.2, -0.15) is 4.31 Å². The number of nitrogens with zero attached hydrogens (tertiary/aromatic N) is 1. The molecule has 1 rings (SSSR count). The van der Waals surface area contributed by atoms with Crippen LogP contribution in [0.5, 0.6) is 0 Å². The van der Waals surface area contributed by atoms with Gasteiger partial charge in [0.2, 0.25) is 15.9 Å². The topological polar surface area (TPSA) is 110 Å². The second-order valence-electron chi connectivity index (χ2n) is 5.06. The molecule has 0 radical (unpaired) electrons. The molecule has 1 saturated heterocycles. The highest BCUT2D eigenvalue weighted by atomic mass is 32.2. The van der Waals surface area contributed by atoms with Crippen LogP contribution in [-0.4, -0.2) is 77.7 Å². The molecule has 10 heteroatoms. The van der Waals surface area contributed by atoms with Gasteiger partial charge in [0, 0.05) is 26.3 Å². The van der Waals surface area contributed by atoms with Gasteiger partial charge in [-0.25, -0.2) is 16.8 Å². The summed E-state index contributed by atoms with van der Waals surface area (Å²) in [6.07, 6.45) is 1.83. The van der Waals surface area contributed by atoms with E-state index >= 15 is 0 Å². The highest BCUT2D eigenvalue weighted by Gasteiger charge is 2.37. The van der Waals surface area contributed by atoms with Gasteiger partial charge >= 0.3 is 0 Å². The molecule has 1 aliphatic rings. The van der Waals surface area contributed by atoms with Crippen molar-refractivity contribution in [2.24, 2.45) is 0 Å². The van der Waals surface area contributed by atoms with Gasteiger partial charge in [0.1, 0.15) is 0 Å². The van der Waals surface area contributed by atoms with E-state index in [1.54, 1.807) is 7.11 Å². The third-order valence-corrected chi connectivity index (χ3v) is 6.22. The molecule has 1 atom stereocenters. The van der Waals surface area contributed by atoms with Gasteiger partial charge in [-0.05, 0) is 12.8 Å². The molecule has 0 bridgehead atoms. The van der Waals surface area contributed by atoms with E-state index in [1.807, 2.05) is 0 Å². The maximum atomic E-state index is 11.8. The van der Waals surface area contributed by atoms with Gasteiger partial charge in [0.05, 0.1) is 24.3 Å². The Morgan fingerprint density at radius 1 is 1.43 bits per heavy atom. The number of ether oxygens (including phenoxy) is 1. The van der Waals surface area contributed by atoms with Crippen LogP contribution in [0.1, 0.15) is 12.8 Å². The van der Waals surface area contributed by atoms with Crippen molar-refractivity contribution in [1.29, 1.82) is 0 Å². The van der Waals surface area contributed by atoms with Gasteiger partial charge in [-0.15, -0.1) is 0 Å². The van der Waals surface area contributed by atoms with E-state index in [0.29, 0.717) is 19.6 Å². The van der Waals surface area contributed by atoms with E-state index < -0.39 is 31.8 Å². The zero-order valence-electron chi connectivity index (χ0n) is 12.2. The van der Waals surface area contributed by atoms with Gasteiger partial charge in [0.25, 0.3) is 0 Å². The fraction of sp³-hybridized carbons (Fsp3) is 0.909. The van der Waals surface area contributed by atoms with Gasteiger partial charge < -0.3 is 10.1 Å². The van der Waals surface area contributed by atoms with Crippen LogP contribution >= 0.6 is 0 Å². The molecule has 0 aliphatic carbocycles. The summed E-state index contributed by atoms with van der Waals surface area (Å²) in [5.74, 6) is -0.711. The molecule has 124 valence electrons. The summed E-state index contributed by atoms with van der Waals surface area (Å²) in [6, 6.07) is -0.658. The number of sulfone groups is 1. The summed E-state index contributed by atoms with van der Waals surface area (Å²) < 4.78 is 52.3. The third kappa shape index (κ3) is 6.29. The molecule has 0 aromatic carbocycles. The molecule has 0 saturated carbocycles. The van der Waals surface area contributed by atoms with E-state index in [1.165, 1.54) is 0 Å².